The number of anilines is 3. The number of carboxylic acid groups (broad SMARTS) is 1. The predicted molar refractivity (Wildman–Crippen MR) is 123 cm³/mol. The van der Waals surface area contributed by atoms with Crippen molar-refractivity contribution in [3.05, 3.63) is 59.9 Å². The average molecular weight is 435 g/mol. The lowest BCUT2D eigenvalue weighted by atomic mass is 10.2. The third-order valence-corrected chi connectivity index (χ3v) is 6.48. The van der Waals surface area contributed by atoms with Crippen LogP contribution in [-0.4, -0.2) is 63.6 Å². The van der Waals surface area contributed by atoms with Gasteiger partial charge in [-0.3, -0.25) is 4.40 Å². The van der Waals surface area contributed by atoms with Gasteiger partial charge >= 0.3 is 5.97 Å². The lowest BCUT2D eigenvalue weighted by Crippen LogP contribution is -2.44. The Hall–Kier alpha value is -3.43. The van der Waals surface area contributed by atoms with E-state index in [0.717, 1.165) is 42.4 Å². The van der Waals surface area contributed by atoms with Gasteiger partial charge in [-0.2, -0.15) is 0 Å². The predicted octanol–water partition coefficient (Wildman–Crippen LogP) is 3.65. The summed E-state index contributed by atoms with van der Waals surface area (Å²) in [5.41, 5.74) is 3.93. The van der Waals surface area contributed by atoms with Crippen LogP contribution in [0.4, 0.5) is 17.2 Å². The minimum Gasteiger partial charge on any atom is -0.478 e. The minimum absolute atomic E-state index is 0.274. The van der Waals surface area contributed by atoms with E-state index in [0.29, 0.717) is 11.5 Å². The van der Waals surface area contributed by atoms with Crippen molar-refractivity contribution in [3.8, 4) is 10.6 Å². The number of fused-ring (bicyclic) bond motifs is 1. The molecule has 3 aromatic heterocycles. The lowest BCUT2D eigenvalue weighted by molar-refractivity contribution is 0.0697. The lowest BCUT2D eigenvalue weighted by Gasteiger charge is -2.34. The fraction of sp³-hybridized carbons (Fsp3) is 0.227. The Morgan fingerprint density at radius 3 is 2.61 bits per heavy atom. The Bertz CT molecular complexity index is 1220. The fourth-order valence-electron chi connectivity index (χ4n) is 3.73. The van der Waals surface area contributed by atoms with Crippen molar-refractivity contribution in [3.63, 3.8) is 0 Å². The summed E-state index contributed by atoms with van der Waals surface area (Å²) < 4.78 is 1.92. The number of thiophene rings is 1. The zero-order valence-corrected chi connectivity index (χ0v) is 17.8. The van der Waals surface area contributed by atoms with E-state index in [2.05, 4.69) is 56.4 Å². The first-order valence-electron chi connectivity index (χ1n) is 10.0. The Kier molecular flexibility index (Phi) is 5.05. The van der Waals surface area contributed by atoms with Crippen LogP contribution in [0, 0.1) is 0 Å². The number of nitrogens with one attached hydrogen (secondary N) is 1. The number of hydrogen-bond acceptors (Lipinski definition) is 7. The molecule has 4 heterocycles. The standard InChI is InChI=1S/C22H22N6O2S/c1-26-8-10-27(11-9-26)17-4-2-16(3-5-17)25-20-21-23-6-7-28(21)18(13-24-20)19-12-15(14-31-19)22(29)30/h2-7,12-14H,8-11H2,1H3,(H,24,25)(H,29,30). The van der Waals surface area contributed by atoms with Crippen LogP contribution in [0.5, 0.6) is 0 Å². The summed E-state index contributed by atoms with van der Waals surface area (Å²) in [6.45, 7) is 4.22. The minimum atomic E-state index is -0.935. The highest BCUT2D eigenvalue weighted by Crippen LogP contribution is 2.30. The molecule has 0 atom stereocenters. The summed E-state index contributed by atoms with van der Waals surface area (Å²) in [5.74, 6) is -0.285. The van der Waals surface area contributed by atoms with Gasteiger partial charge in [0.25, 0.3) is 0 Å². The molecular formula is C22H22N6O2S. The van der Waals surface area contributed by atoms with Gasteiger partial charge in [0.05, 0.1) is 22.3 Å². The highest BCUT2D eigenvalue weighted by Gasteiger charge is 2.16. The summed E-state index contributed by atoms with van der Waals surface area (Å²) in [7, 11) is 2.16. The highest BCUT2D eigenvalue weighted by molar-refractivity contribution is 7.13. The van der Waals surface area contributed by atoms with E-state index < -0.39 is 5.97 Å². The van der Waals surface area contributed by atoms with E-state index in [-0.39, 0.29) is 5.56 Å². The first kappa shape index (κ1) is 19.5. The van der Waals surface area contributed by atoms with Crippen molar-refractivity contribution in [1.82, 2.24) is 19.3 Å². The van der Waals surface area contributed by atoms with Gasteiger partial charge in [-0.1, -0.05) is 0 Å². The number of piperazine rings is 1. The zero-order chi connectivity index (χ0) is 21.4. The van der Waals surface area contributed by atoms with Gasteiger partial charge in [-0.15, -0.1) is 11.3 Å². The third kappa shape index (κ3) is 3.85. The van der Waals surface area contributed by atoms with Crippen LogP contribution in [0.3, 0.4) is 0 Å². The maximum absolute atomic E-state index is 11.2. The Balaban J connectivity index is 1.39. The van der Waals surface area contributed by atoms with Crippen LogP contribution in [0.2, 0.25) is 0 Å². The van der Waals surface area contributed by atoms with Crippen LogP contribution in [0.15, 0.2) is 54.3 Å². The van der Waals surface area contributed by atoms with E-state index in [4.69, 9.17) is 0 Å². The number of aromatic carboxylic acids is 1. The number of nitrogens with zero attached hydrogens (tertiary/aromatic N) is 5. The Morgan fingerprint density at radius 2 is 1.90 bits per heavy atom. The van der Waals surface area contributed by atoms with Crippen LogP contribution in [-0.2, 0) is 0 Å². The van der Waals surface area contributed by atoms with Crippen molar-refractivity contribution >= 4 is 40.1 Å². The number of carboxylic acids is 1. The molecule has 0 saturated carbocycles. The van der Waals surface area contributed by atoms with Gasteiger partial charge in [0.15, 0.2) is 11.5 Å². The molecule has 31 heavy (non-hydrogen) atoms. The van der Waals surface area contributed by atoms with Crippen LogP contribution < -0.4 is 10.2 Å². The molecule has 8 nitrogen and oxygen atoms in total. The topological polar surface area (TPSA) is 86.0 Å². The van der Waals surface area contributed by atoms with Gasteiger partial charge in [-0.05, 0) is 37.4 Å². The molecule has 1 aliphatic heterocycles. The zero-order valence-electron chi connectivity index (χ0n) is 17.0. The maximum Gasteiger partial charge on any atom is 0.336 e. The maximum atomic E-state index is 11.2. The van der Waals surface area contributed by atoms with Gasteiger partial charge in [0, 0.05) is 55.3 Å². The molecule has 0 spiro atoms. The Morgan fingerprint density at radius 1 is 1.13 bits per heavy atom. The second-order valence-corrected chi connectivity index (χ2v) is 8.49. The van der Waals surface area contributed by atoms with E-state index >= 15 is 0 Å². The highest BCUT2D eigenvalue weighted by atomic mass is 32.1. The normalized spacial score (nSPS) is 14.8. The molecule has 0 radical (unpaired) electrons. The van der Waals surface area contributed by atoms with Gasteiger partial charge in [0.2, 0.25) is 0 Å². The molecule has 9 heteroatoms. The number of rotatable bonds is 5. The quantitative estimate of drug-likeness (QED) is 0.496. The van der Waals surface area contributed by atoms with Crippen molar-refractivity contribution in [2.45, 2.75) is 0 Å². The fourth-order valence-corrected chi connectivity index (χ4v) is 4.62. The first-order valence-corrected chi connectivity index (χ1v) is 10.9. The molecular weight excluding hydrogens is 412 g/mol. The van der Waals surface area contributed by atoms with Crippen LogP contribution in [0.1, 0.15) is 10.4 Å². The largest absolute Gasteiger partial charge is 0.478 e. The molecule has 4 aromatic rings. The number of benzene rings is 1. The van der Waals surface area contributed by atoms with E-state index in [9.17, 15) is 9.90 Å². The molecule has 1 aliphatic rings. The van der Waals surface area contributed by atoms with Crippen molar-refractivity contribution in [1.29, 1.82) is 0 Å². The molecule has 5 rings (SSSR count). The monoisotopic (exact) mass is 434 g/mol. The molecule has 2 N–H and O–H groups in total. The van der Waals surface area contributed by atoms with Crippen LogP contribution >= 0.6 is 11.3 Å². The Labute approximate surface area is 183 Å². The van der Waals surface area contributed by atoms with E-state index in [1.54, 1.807) is 23.8 Å². The molecule has 0 bridgehead atoms. The summed E-state index contributed by atoms with van der Waals surface area (Å²) in [5, 5.41) is 14.2. The summed E-state index contributed by atoms with van der Waals surface area (Å²) in [4.78, 5) is 25.8. The number of imidazole rings is 1. The van der Waals surface area contributed by atoms with Gasteiger partial charge < -0.3 is 20.2 Å². The summed E-state index contributed by atoms with van der Waals surface area (Å²) >= 11 is 1.38. The number of hydrogen-bond donors (Lipinski definition) is 2. The number of aromatic nitrogens is 3. The molecule has 0 amide bonds. The molecule has 1 fully saturated rings. The van der Waals surface area contributed by atoms with E-state index in [1.807, 2.05) is 10.6 Å². The molecule has 0 aliphatic carbocycles. The van der Waals surface area contributed by atoms with Crippen molar-refractivity contribution < 1.29 is 9.90 Å². The molecule has 158 valence electrons. The van der Waals surface area contributed by atoms with E-state index in [1.165, 1.54) is 17.0 Å². The second-order valence-electron chi connectivity index (χ2n) is 7.58. The van der Waals surface area contributed by atoms with Crippen molar-refractivity contribution in [2.75, 3.05) is 43.4 Å². The third-order valence-electron chi connectivity index (χ3n) is 5.53. The summed E-state index contributed by atoms with van der Waals surface area (Å²) in [6.07, 6.45) is 5.31. The van der Waals surface area contributed by atoms with Crippen molar-refractivity contribution in [2.24, 2.45) is 0 Å². The smallest absolute Gasteiger partial charge is 0.336 e. The van der Waals surface area contributed by atoms with Gasteiger partial charge in [-0.25, -0.2) is 14.8 Å². The average Bonchev–Trinajstić information content (AvgIpc) is 3.46. The molecule has 1 aromatic carbocycles. The number of likely N-dealkylation sites (N-methyl/N-ethyl adjacent to an activating group) is 1. The SMILES string of the molecule is CN1CCN(c2ccc(Nc3ncc(-c4cc(C(=O)O)cs4)n4ccnc34)cc2)CC1. The van der Waals surface area contributed by atoms with Gasteiger partial charge in [0.1, 0.15) is 0 Å². The second kappa shape index (κ2) is 8.01. The first-order chi connectivity index (χ1) is 15.1. The summed E-state index contributed by atoms with van der Waals surface area (Å²) in [6, 6.07) is 10.0. The number of carbonyl (C=O) groups is 1. The molecule has 1 saturated heterocycles. The molecule has 0 unspecified atom stereocenters. The van der Waals surface area contributed by atoms with Crippen LogP contribution in [0.25, 0.3) is 16.2 Å².